The molecule has 26 heavy (non-hydrogen) atoms. The second kappa shape index (κ2) is 6.93. The minimum Gasteiger partial charge on any atom is -0.472 e. The fourth-order valence-corrected chi connectivity index (χ4v) is 2.91. The monoisotopic (exact) mass is 371 g/mol. The van der Waals surface area contributed by atoms with E-state index in [1.807, 2.05) is 0 Å². The molecule has 0 N–H and O–H groups in total. The quantitative estimate of drug-likeness (QED) is 0.744. The molecule has 2 saturated heterocycles. The molecule has 1 aromatic heterocycles. The van der Waals surface area contributed by atoms with Crippen LogP contribution in [0.4, 0.5) is 13.2 Å². The van der Waals surface area contributed by atoms with Crippen molar-refractivity contribution in [3.63, 3.8) is 0 Å². The Morgan fingerprint density at radius 3 is 2.62 bits per heavy atom. The molecule has 0 aromatic carbocycles. The van der Waals surface area contributed by atoms with E-state index in [9.17, 15) is 27.6 Å². The maximum atomic E-state index is 12.7. The van der Waals surface area contributed by atoms with Crippen LogP contribution in [-0.4, -0.2) is 58.2 Å². The van der Waals surface area contributed by atoms with Crippen molar-refractivity contribution in [1.82, 2.24) is 14.8 Å². The van der Waals surface area contributed by atoms with Gasteiger partial charge in [0, 0.05) is 38.1 Å². The maximum absolute atomic E-state index is 12.7. The molecule has 3 amide bonds. The Kier molecular flexibility index (Phi) is 4.84. The van der Waals surface area contributed by atoms with Crippen LogP contribution in [0, 0.1) is 0 Å². The topological polar surface area (TPSA) is 79.8 Å². The van der Waals surface area contributed by atoms with Crippen molar-refractivity contribution in [2.45, 2.75) is 31.5 Å². The number of rotatable bonds is 4. The lowest BCUT2D eigenvalue weighted by molar-refractivity contribution is -0.145. The number of imide groups is 1. The largest absolute Gasteiger partial charge is 0.472 e. The van der Waals surface area contributed by atoms with Gasteiger partial charge in [0.05, 0.1) is 12.1 Å². The predicted molar refractivity (Wildman–Crippen MR) is 80.8 cm³/mol. The van der Waals surface area contributed by atoms with Gasteiger partial charge in [-0.05, 0) is 6.07 Å². The number of likely N-dealkylation sites (tertiary alicyclic amines) is 2. The van der Waals surface area contributed by atoms with Gasteiger partial charge in [0.2, 0.25) is 23.6 Å². The maximum Gasteiger partial charge on any atom is 0.416 e. The summed E-state index contributed by atoms with van der Waals surface area (Å²) >= 11 is 0. The molecule has 10 heteroatoms. The van der Waals surface area contributed by atoms with Gasteiger partial charge in [0.25, 0.3) is 0 Å². The Morgan fingerprint density at radius 1 is 1.27 bits per heavy atom. The molecule has 3 heterocycles. The number of carbonyl (C=O) groups excluding carboxylic acids is 3. The van der Waals surface area contributed by atoms with Crippen LogP contribution in [0.25, 0.3) is 0 Å². The summed E-state index contributed by atoms with van der Waals surface area (Å²) in [5.74, 6) is -1.30. The second-order valence-corrected chi connectivity index (χ2v) is 6.12. The fourth-order valence-electron chi connectivity index (χ4n) is 2.91. The Morgan fingerprint density at radius 2 is 1.96 bits per heavy atom. The van der Waals surface area contributed by atoms with Gasteiger partial charge < -0.3 is 9.64 Å². The van der Waals surface area contributed by atoms with Crippen LogP contribution < -0.4 is 4.74 Å². The molecule has 0 spiro atoms. The summed E-state index contributed by atoms with van der Waals surface area (Å²) in [6.07, 6.45) is -3.34. The molecular formula is C16H16F3N3O4. The normalized spacial score (nSPS) is 20.8. The van der Waals surface area contributed by atoms with Gasteiger partial charge in [-0.3, -0.25) is 19.3 Å². The SMILES string of the molecule is O=C(CN1C(=O)CCC1=O)N1CC[C@H](Oc2cc(C(F)(F)F)ccn2)C1. The highest BCUT2D eigenvalue weighted by Gasteiger charge is 2.35. The average molecular weight is 371 g/mol. The van der Waals surface area contributed by atoms with Crippen LogP contribution in [0.2, 0.25) is 0 Å². The highest BCUT2D eigenvalue weighted by Crippen LogP contribution is 2.31. The Hall–Kier alpha value is -2.65. The molecular weight excluding hydrogens is 355 g/mol. The van der Waals surface area contributed by atoms with Gasteiger partial charge in [0.1, 0.15) is 12.6 Å². The highest BCUT2D eigenvalue weighted by atomic mass is 19.4. The first-order valence-corrected chi connectivity index (χ1v) is 8.05. The first-order valence-electron chi connectivity index (χ1n) is 8.05. The van der Waals surface area contributed by atoms with E-state index >= 15 is 0 Å². The molecule has 1 aromatic rings. The van der Waals surface area contributed by atoms with Crippen LogP contribution in [-0.2, 0) is 20.6 Å². The Labute approximate surface area is 146 Å². The van der Waals surface area contributed by atoms with Gasteiger partial charge in [-0.2, -0.15) is 13.2 Å². The molecule has 2 aliphatic rings. The summed E-state index contributed by atoms with van der Waals surface area (Å²) in [7, 11) is 0. The lowest BCUT2D eigenvalue weighted by Gasteiger charge is -2.20. The Bertz CT molecular complexity index is 722. The number of hydrogen-bond donors (Lipinski definition) is 0. The molecule has 0 aliphatic carbocycles. The third-order valence-electron chi connectivity index (χ3n) is 4.30. The molecule has 0 saturated carbocycles. The minimum atomic E-state index is -4.49. The molecule has 3 rings (SSSR count). The zero-order chi connectivity index (χ0) is 18.9. The smallest absolute Gasteiger partial charge is 0.416 e. The van der Waals surface area contributed by atoms with Crippen molar-refractivity contribution >= 4 is 17.7 Å². The average Bonchev–Trinajstić information content (AvgIpc) is 3.16. The van der Waals surface area contributed by atoms with Gasteiger partial charge in [-0.25, -0.2) is 4.98 Å². The van der Waals surface area contributed by atoms with E-state index in [1.165, 1.54) is 4.90 Å². The van der Waals surface area contributed by atoms with E-state index in [-0.39, 0.29) is 43.6 Å². The first kappa shape index (κ1) is 18.2. The van der Waals surface area contributed by atoms with Crippen molar-refractivity contribution in [3.8, 4) is 5.88 Å². The van der Waals surface area contributed by atoms with Crippen molar-refractivity contribution in [1.29, 1.82) is 0 Å². The number of hydrogen-bond acceptors (Lipinski definition) is 5. The van der Waals surface area contributed by atoms with E-state index in [0.717, 1.165) is 23.2 Å². The summed E-state index contributed by atoms with van der Waals surface area (Å²) in [4.78, 5) is 41.5. The highest BCUT2D eigenvalue weighted by molar-refractivity contribution is 6.04. The summed E-state index contributed by atoms with van der Waals surface area (Å²) in [5.41, 5.74) is -0.862. The molecule has 0 radical (unpaired) electrons. The number of alkyl halides is 3. The Balaban J connectivity index is 1.56. The van der Waals surface area contributed by atoms with Crippen molar-refractivity contribution in [3.05, 3.63) is 23.9 Å². The second-order valence-electron chi connectivity index (χ2n) is 6.12. The van der Waals surface area contributed by atoms with Crippen LogP contribution in [0.15, 0.2) is 18.3 Å². The number of pyridine rings is 1. The third kappa shape index (κ3) is 3.94. The summed E-state index contributed by atoms with van der Waals surface area (Å²) in [6.45, 7) is 0.178. The van der Waals surface area contributed by atoms with E-state index < -0.39 is 23.8 Å². The van der Waals surface area contributed by atoms with E-state index in [4.69, 9.17) is 4.74 Å². The molecule has 0 bridgehead atoms. The van der Waals surface area contributed by atoms with Crippen molar-refractivity contribution < 1.29 is 32.3 Å². The van der Waals surface area contributed by atoms with E-state index in [1.54, 1.807) is 0 Å². The number of carbonyl (C=O) groups is 3. The summed E-state index contributed by atoms with van der Waals surface area (Å²) in [5, 5.41) is 0. The number of aromatic nitrogens is 1. The van der Waals surface area contributed by atoms with Gasteiger partial charge in [-0.15, -0.1) is 0 Å². The van der Waals surface area contributed by atoms with Crippen molar-refractivity contribution in [2.24, 2.45) is 0 Å². The number of amides is 3. The third-order valence-corrected chi connectivity index (χ3v) is 4.30. The molecule has 2 aliphatic heterocycles. The van der Waals surface area contributed by atoms with Crippen molar-refractivity contribution in [2.75, 3.05) is 19.6 Å². The number of halogens is 3. The molecule has 0 unspecified atom stereocenters. The van der Waals surface area contributed by atoms with Crippen LogP contribution in [0.3, 0.4) is 0 Å². The van der Waals surface area contributed by atoms with Crippen LogP contribution in [0.5, 0.6) is 5.88 Å². The summed E-state index contributed by atoms with van der Waals surface area (Å²) < 4.78 is 43.6. The van der Waals surface area contributed by atoms with Gasteiger partial charge in [-0.1, -0.05) is 0 Å². The fraction of sp³-hybridized carbons (Fsp3) is 0.500. The number of ether oxygens (including phenoxy) is 1. The van der Waals surface area contributed by atoms with E-state index in [0.29, 0.717) is 13.0 Å². The molecule has 7 nitrogen and oxygen atoms in total. The van der Waals surface area contributed by atoms with Gasteiger partial charge in [0.15, 0.2) is 0 Å². The van der Waals surface area contributed by atoms with Gasteiger partial charge >= 0.3 is 6.18 Å². The molecule has 1 atom stereocenters. The lowest BCUT2D eigenvalue weighted by atomic mass is 10.2. The zero-order valence-electron chi connectivity index (χ0n) is 13.7. The summed E-state index contributed by atoms with van der Waals surface area (Å²) in [6, 6.07) is 1.66. The standard InChI is InChI=1S/C16H16F3N3O4/c17-16(18,19)10-3-5-20-12(7-10)26-11-4-6-21(8-11)15(25)9-22-13(23)1-2-14(22)24/h3,5,7,11H,1-2,4,6,8-9H2/t11-/m0/s1. The van der Waals surface area contributed by atoms with Crippen LogP contribution >= 0.6 is 0 Å². The van der Waals surface area contributed by atoms with Crippen LogP contribution in [0.1, 0.15) is 24.8 Å². The number of nitrogens with zero attached hydrogens (tertiary/aromatic N) is 3. The lowest BCUT2D eigenvalue weighted by Crippen LogP contribution is -2.42. The molecule has 2 fully saturated rings. The first-order chi connectivity index (χ1) is 12.2. The predicted octanol–water partition coefficient (Wildman–Crippen LogP) is 1.23. The minimum absolute atomic E-state index is 0.110. The molecule has 140 valence electrons. The zero-order valence-corrected chi connectivity index (χ0v) is 13.7. The van der Waals surface area contributed by atoms with E-state index in [2.05, 4.69) is 4.98 Å².